The van der Waals surface area contributed by atoms with E-state index in [4.69, 9.17) is 0 Å². The van der Waals surface area contributed by atoms with Gasteiger partial charge in [-0.2, -0.15) is 0 Å². The van der Waals surface area contributed by atoms with Crippen molar-refractivity contribution < 1.29 is 0 Å². The van der Waals surface area contributed by atoms with Gasteiger partial charge in [-0.15, -0.1) is 0 Å². The van der Waals surface area contributed by atoms with Crippen molar-refractivity contribution in [1.82, 2.24) is 0 Å². The first-order chi connectivity index (χ1) is 13.7. The largest absolute Gasteiger partial charge is 0.378 e. The first-order valence-electron chi connectivity index (χ1n) is 10.4. The van der Waals surface area contributed by atoms with Crippen molar-refractivity contribution >= 4 is 5.69 Å². The lowest BCUT2D eigenvalue weighted by atomic mass is 9.76. The van der Waals surface area contributed by atoms with Crippen LogP contribution < -0.4 is 5.32 Å². The van der Waals surface area contributed by atoms with Gasteiger partial charge in [0.25, 0.3) is 0 Å². The highest BCUT2D eigenvalue weighted by Crippen LogP contribution is 2.50. The van der Waals surface area contributed by atoms with E-state index in [2.05, 4.69) is 104 Å². The van der Waals surface area contributed by atoms with Crippen molar-refractivity contribution in [2.45, 2.75) is 38.1 Å². The molecule has 0 unspecified atom stereocenters. The fraction of sp³-hybridized carbons (Fsp3) is 0.259. The Bertz CT molecular complexity index is 998. The maximum absolute atomic E-state index is 3.87. The van der Waals surface area contributed by atoms with E-state index in [1.165, 1.54) is 33.5 Å². The van der Waals surface area contributed by atoms with Crippen LogP contribution in [0.4, 0.5) is 5.69 Å². The first kappa shape index (κ1) is 17.3. The average molecular weight is 366 g/mol. The molecule has 1 nitrogen and oxygen atoms in total. The van der Waals surface area contributed by atoms with Crippen LogP contribution in [0.5, 0.6) is 0 Å². The van der Waals surface area contributed by atoms with Crippen molar-refractivity contribution in [2.24, 2.45) is 5.92 Å². The molecule has 1 heteroatoms. The second-order valence-corrected chi connectivity index (χ2v) is 8.46. The first-order valence-corrected chi connectivity index (χ1v) is 10.4. The Morgan fingerprint density at radius 3 is 2.39 bits per heavy atom. The third-order valence-corrected chi connectivity index (χ3v) is 6.43. The van der Waals surface area contributed by atoms with Crippen LogP contribution >= 0.6 is 0 Å². The van der Waals surface area contributed by atoms with Crippen molar-refractivity contribution in [3.8, 4) is 11.1 Å². The molecule has 28 heavy (non-hydrogen) atoms. The summed E-state index contributed by atoms with van der Waals surface area (Å²) in [6, 6.07) is 27.2. The molecule has 3 aromatic rings. The molecule has 5 rings (SSSR count). The van der Waals surface area contributed by atoms with Gasteiger partial charge >= 0.3 is 0 Å². The van der Waals surface area contributed by atoms with Crippen LogP contribution in [0.1, 0.15) is 54.8 Å². The van der Waals surface area contributed by atoms with Crippen LogP contribution in [0.3, 0.4) is 0 Å². The molecule has 0 fully saturated rings. The summed E-state index contributed by atoms with van der Waals surface area (Å²) in [6.45, 7) is 4.51. The molecule has 0 saturated heterocycles. The van der Waals surface area contributed by atoms with Gasteiger partial charge in [0.15, 0.2) is 0 Å². The summed E-state index contributed by atoms with van der Waals surface area (Å²) in [5, 5.41) is 3.87. The zero-order valence-corrected chi connectivity index (χ0v) is 16.6. The summed E-state index contributed by atoms with van der Waals surface area (Å²) in [4.78, 5) is 0. The summed E-state index contributed by atoms with van der Waals surface area (Å²) < 4.78 is 0. The minimum Gasteiger partial charge on any atom is -0.378 e. The van der Waals surface area contributed by atoms with Crippen LogP contribution in [-0.4, -0.2) is 0 Å². The molecule has 1 N–H and O–H groups in total. The molecule has 1 aliphatic heterocycles. The summed E-state index contributed by atoms with van der Waals surface area (Å²) in [5.74, 6) is 1.66. The number of hydrogen-bond acceptors (Lipinski definition) is 1. The number of allylic oxidation sites excluding steroid dienone is 2. The molecule has 0 spiro atoms. The third-order valence-electron chi connectivity index (χ3n) is 6.43. The molecule has 3 atom stereocenters. The lowest BCUT2D eigenvalue weighted by Crippen LogP contribution is -2.29. The second kappa shape index (κ2) is 6.98. The van der Waals surface area contributed by atoms with Gasteiger partial charge in [-0.05, 0) is 58.2 Å². The minimum absolute atomic E-state index is 0.372. The molecule has 2 aliphatic rings. The number of nitrogens with one attached hydrogen (secondary N) is 1. The Labute approximate surface area is 168 Å². The van der Waals surface area contributed by atoms with Crippen LogP contribution in [-0.2, 0) is 0 Å². The van der Waals surface area contributed by atoms with Crippen molar-refractivity contribution in [3.05, 3.63) is 102 Å². The summed E-state index contributed by atoms with van der Waals surface area (Å²) in [6.07, 6.45) is 5.94. The normalized spacial score (nSPS) is 22.6. The molecule has 0 saturated carbocycles. The Morgan fingerprint density at radius 1 is 0.857 bits per heavy atom. The number of benzene rings is 3. The van der Waals surface area contributed by atoms with E-state index >= 15 is 0 Å². The van der Waals surface area contributed by atoms with E-state index in [0.29, 0.717) is 23.8 Å². The highest BCUT2D eigenvalue weighted by molar-refractivity contribution is 5.71. The Hall–Kier alpha value is -2.80. The fourth-order valence-corrected chi connectivity index (χ4v) is 4.82. The van der Waals surface area contributed by atoms with Gasteiger partial charge < -0.3 is 5.32 Å². The van der Waals surface area contributed by atoms with Gasteiger partial charge in [0.1, 0.15) is 0 Å². The topological polar surface area (TPSA) is 12.0 Å². The zero-order valence-electron chi connectivity index (χ0n) is 16.6. The quantitative estimate of drug-likeness (QED) is 0.480. The summed E-state index contributed by atoms with van der Waals surface area (Å²) in [7, 11) is 0. The minimum atomic E-state index is 0.372. The summed E-state index contributed by atoms with van der Waals surface area (Å²) in [5.41, 5.74) is 8.13. The molecule has 0 amide bonds. The summed E-state index contributed by atoms with van der Waals surface area (Å²) >= 11 is 0. The van der Waals surface area contributed by atoms with E-state index in [1.807, 2.05) is 0 Å². The number of hydrogen-bond donors (Lipinski definition) is 1. The van der Waals surface area contributed by atoms with Crippen LogP contribution in [0, 0.1) is 5.92 Å². The second-order valence-electron chi connectivity index (χ2n) is 8.46. The average Bonchev–Trinajstić information content (AvgIpc) is 3.24. The number of fused-ring (bicyclic) bond motifs is 3. The van der Waals surface area contributed by atoms with Crippen LogP contribution in [0.2, 0.25) is 0 Å². The number of rotatable bonds is 3. The Kier molecular flexibility index (Phi) is 4.31. The van der Waals surface area contributed by atoms with Gasteiger partial charge in [-0.25, -0.2) is 0 Å². The molecule has 0 radical (unpaired) electrons. The van der Waals surface area contributed by atoms with E-state index < -0.39 is 0 Å². The van der Waals surface area contributed by atoms with E-state index in [0.717, 1.165) is 6.42 Å². The van der Waals surface area contributed by atoms with Gasteiger partial charge in [0.05, 0.1) is 6.04 Å². The van der Waals surface area contributed by atoms with Gasteiger partial charge in [-0.3, -0.25) is 0 Å². The maximum atomic E-state index is 3.87. The smallest absolute Gasteiger partial charge is 0.0553 e. The molecule has 140 valence electrons. The molecule has 3 aromatic carbocycles. The third kappa shape index (κ3) is 2.96. The lowest BCUT2D eigenvalue weighted by Gasteiger charge is -2.38. The maximum Gasteiger partial charge on any atom is 0.0553 e. The lowest BCUT2D eigenvalue weighted by molar-refractivity contribution is 0.425. The highest BCUT2D eigenvalue weighted by atomic mass is 15.0. The van der Waals surface area contributed by atoms with Crippen molar-refractivity contribution in [3.63, 3.8) is 0 Å². The van der Waals surface area contributed by atoms with Crippen LogP contribution in [0.15, 0.2) is 84.9 Å². The molecule has 0 aromatic heterocycles. The monoisotopic (exact) mass is 365 g/mol. The van der Waals surface area contributed by atoms with Gasteiger partial charge in [0, 0.05) is 11.6 Å². The highest BCUT2D eigenvalue weighted by Gasteiger charge is 2.37. The molecule has 1 heterocycles. The Morgan fingerprint density at radius 2 is 1.64 bits per heavy atom. The predicted molar refractivity (Wildman–Crippen MR) is 119 cm³/mol. The van der Waals surface area contributed by atoms with Crippen molar-refractivity contribution in [1.29, 1.82) is 0 Å². The predicted octanol–water partition coefficient (Wildman–Crippen LogP) is 7.30. The van der Waals surface area contributed by atoms with Gasteiger partial charge in [-0.1, -0.05) is 86.7 Å². The standard InChI is InChI=1S/C27H27N/c1-18(2)19-11-13-21(14-12-19)27-24-10-6-9-23(24)25-17-22(15-16-26(25)28-27)20-7-4-3-5-8-20/h3-9,11-18,23-24,27-28H,10H2,1-2H3/t23-,24-,27+/m1/s1. The Balaban J connectivity index is 1.51. The molecule has 1 aliphatic carbocycles. The SMILES string of the molecule is CC(C)c1ccc([C@@H]2Nc3ccc(-c4ccccc4)cc3[C@@H]3C=CC[C@H]32)cc1. The number of anilines is 1. The zero-order chi connectivity index (χ0) is 19.1. The van der Waals surface area contributed by atoms with Crippen LogP contribution in [0.25, 0.3) is 11.1 Å². The van der Waals surface area contributed by atoms with E-state index in [-0.39, 0.29) is 0 Å². The van der Waals surface area contributed by atoms with Gasteiger partial charge in [0.2, 0.25) is 0 Å². The molecule has 0 bridgehead atoms. The molecular weight excluding hydrogens is 338 g/mol. The van der Waals surface area contributed by atoms with E-state index in [9.17, 15) is 0 Å². The van der Waals surface area contributed by atoms with Crippen molar-refractivity contribution in [2.75, 3.05) is 5.32 Å². The van der Waals surface area contributed by atoms with E-state index in [1.54, 1.807) is 0 Å². The molecular formula is C27H27N. The fourth-order valence-electron chi connectivity index (χ4n) is 4.82.